The summed E-state index contributed by atoms with van der Waals surface area (Å²) in [6.45, 7) is 25.7. The molecule has 5 rings (SSSR count). The highest BCUT2D eigenvalue weighted by Crippen LogP contribution is 2.55. The number of hydrogen-bond donors (Lipinski definition) is 0. The van der Waals surface area contributed by atoms with Crippen molar-refractivity contribution >= 4 is 40.4 Å². The Bertz CT molecular complexity index is 1630. The number of fused-ring (bicyclic) bond motifs is 3. The molecule has 2 heterocycles. The van der Waals surface area contributed by atoms with Gasteiger partial charge in [-0.15, -0.1) is 0 Å². The van der Waals surface area contributed by atoms with Gasteiger partial charge in [-0.1, -0.05) is 74.9 Å². The van der Waals surface area contributed by atoms with Crippen molar-refractivity contribution in [1.29, 1.82) is 0 Å². The molecule has 14 heteroatoms. The molecule has 2 aromatic carbocycles. The molecule has 0 radical (unpaired) electrons. The van der Waals surface area contributed by atoms with Crippen LogP contribution in [0.2, 0.25) is 0 Å². The van der Waals surface area contributed by atoms with Crippen LogP contribution in [0.1, 0.15) is 158 Å². The smallest absolute Gasteiger partial charge is 0.399 e. The van der Waals surface area contributed by atoms with Gasteiger partial charge in [-0.05, 0) is 142 Å². The van der Waals surface area contributed by atoms with Crippen LogP contribution in [0.15, 0.2) is 36.4 Å². The van der Waals surface area contributed by atoms with Crippen LogP contribution in [0.3, 0.4) is 0 Å². The van der Waals surface area contributed by atoms with E-state index in [0.717, 1.165) is 75.1 Å². The predicted molar refractivity (Wildman–Crippen MR) is 242 cm³/mol. The number of benzene rings is 2. The van der Waals surface area contributed by atoms with Crippen molar-refractivity contribution in [3.63, 3.8) is 0 Å². The first-order chi connectivity index (χ1) is 27.7. The van der Waals surface area contributed by atoms with Crippen molar-refractivity contribution in [1.82, 2.24) is 0 Å². The summed E-state index contributed by atoms with van der Waals surface area (Å²) >= 11 is 0. The van der Waals surface area contributed by atoms with Crippen LogP contribution in [0.5, 0.6) is 0 Å². The van der Waals surface area contributed by atoms with Crippen LogP contribution < -0.4 is 10.9 Å². The largest absolute Gasteiger partial charge is 0.494 e. The summed E-state index contributed by atoms with van der Waals surface area (Å²) in [7, 11) is -7.13. The van der Waals surface area contributed by atoms with Crippen LogP contribution >= 0.6 is 15.2 Å². The standard InChI is InChI=1S/C45H74B2O10P2/c1-13-50-58(48,51-14-2)31-23-19-17-21-29-45(30-22-18-20-24-32-59(49,52-15-3)53-16-4)39-33-35(46-54-41(5,6)42(7,8)55-46)25-27-37(39)38-28-26-36(34-40(38)45)47-56-43(9,10)44(11,12)57-47/h25-28,33-34H,13-24,29-32H2,1-12H3. The molecule has 330 valence electrons. The molecular weight excluding hydrogens is 784 g/mol. The zero-order chi connectivity index (χ0) is 43.3. The first-order valence-corrected chi connectivity index (χ1v) is 25.9. The topological polar surface area (TPSA) is 108 Å². The van der Waals surface area contributed by atoms with E-state index in [4.69, 9.17) is 36.7 Å². The predicted octanol–water partition coefficient (Wildman–Crippen LogP) is 11.0. The Morgan fingerprint density at radius 1 is 0.475 bits per heavy atom. The quantitative estimate of drug-likeness (QED) is 0.0575. The molecule has 0 saturated carbocycles. The summed E-state index contributed by atoms with van der Waals surface area (Å²) in [6.07, 6.45) is 10.1. The van der Waals surface area contributed by atoms with E-state index in [-0.39, 0.29) is 5.41 Å². The summed E-state index contributed by atoms with van der Waals surface area (Å²) in [6, 6.07) is 13.6. The van der Waals surface area contributed by atoms with E-state index in [1.54, 1.807) is 0 Å². The Balaban J connectivity index is 1.48. The molecule has 0 aromatic heterocycles. The molecule has 0 amide bonds. The van der Waals surface area contributed by atoms with Gasteiger partial charge in [0, 0.05) is 5.41 Å². The lowest BCUT2D eigenvalue weighted by molar-refractivity contribution is 0.00578. The zero-order valence-electron chi connectivity index (χ0n) is 38.4. The van der Waals surface area contributed by atoms with Crippen LogP contribution in [0.4, 0.5) is 0 Å². The van der Waals surface area contributed by atoms with Crippen molar-refractivity contribution in [3.8, 4) is 11.1 Å². The highest BCUT2D eigenvalue weighted by molar-refractivity contribution is 7.54. The lowest BCUT2D eigenvalue weighted by atomic mass is 9.67. The zero-order valence-corrected chi connectivity index (χ0v) is 40.2. The summed E-state index contributed by atoms with van der Waals surface area (Å²) in [5.41, 5.74) is 4.99. The van der Waals surface area contributed by atoms with Gasteiger partial charge in [-0.25, -0.2) is 0 Å². The van der Waals surface area contributed by atoms with Crippen molar-refractivity contribution in [2.45, 2.75) is 175 Å². The molecule has 1 aliphatic carbocycles. The summed E-state index contributed by atoms with van der Waals surface area (Å²) in [5.74, 6) is 0. The van der Waals surface area contributed by atoms with Crippen molar-refractivity contribution < 1.29 is 45.8 Å². The van der Waals surface area contributed by atoms with Crippen LogP contribution in [0, 0.1) is 0 Å². The second-order valence-corrected chi connectivity index (χ2v) is 22.9. The van der Waals surface area contributed by atoms with Gasteiger partial charge in [0.05, 0.1) is 61.2 Å². The first kappa shape index (κ1) is 48.7. The van der Waals surface area contributed by atoms with Crippen molar-refractivity contribution in [3.05, 3.63) is 47.5 Å². The van der Waals surface area contributed by atoms with Gasteiger partial charge >= 0.3 is 29.4 Å². The Morgan fingerprint density at radius 3 is 1.08 bits per heavy atom. The SMILES string of the molecule is CCOP(=O)(CCCCCCC1(CCCCCCP(=O)(OCC)OCC)c2cc(B3OC(C)(C)C(C)(C)O3)ccc2-c2ccc(B3OC(C)(C)C(C)(C)O3)cc21)OCC. The molecule has 2 aromatic rings. The number of hydrogen-bond acceptors (Lipinski definition) is 10. The van der Waals surface area contributed by atoms with E-state index in [1.165, 1.54) is 22.3 Å². The summed E-state index contributed by atoms with van der Waals surface area (Å²) in [4.78, 5) is 0. The van der Waals surface area contributed by atoms with Gasteiger partial charge in [-0.2, -0.15) is 0 Å². The maximum absolute atomic E-state index is 13.2. The fourth-order valence-corrected chi connectivity index (χ4v) is 12.2. The second-order valence-electron chi connectivity index (χ2n) is 18.5. The van der Waals surface area contributed by atoms with Gasteiger partial charge in [0.25, 0.3) is 0 Å². The minimum absolute atomic E-state index is 0.304. The molecule has 2 fully saturated rings. The third kappa shape index (κ3) is 10.9. The maximum Gasteiger partial charge on any atom is 0.494 e. The highest BCUT2D eigenvalue weighted by Gasteiger charge is 2.54. The lowest BCUT2D eigenvalue weighted by Gasteiger charge is -2.33. The van der Waals surface area contributed by atoms with E-state index in [0.29, 0.717) is 38.8 Å². The fraction of sp³-hybridized carbons (Fsp3) is 0.733. The molecule has 0 spiro atoms. The van der Waals surface area contributed by atoms with Crippen LogP contribution in [-0.2, 0) is 51.3 Å². The van der Waals surface area contributed by atoms with Crippen LogP contribution in [0.25, 0.3) is 11.1 Å². The van der Waals surface area contributed by atoms with E-state index >= 15 is 0 Å². The van der Waals surface area contributed by atoms with Gasteiger partial charge in [0.1, 0.15) is 0 Å². The molecule has 3 aliphatic rings. The molecule has 2 aliphatic heterocycles. The molecule has 10 nitrogen and oxygen atoms in total. The molecule has 59 heavy (non-hydrogen) atoms. The molecule has 0 unspecified atom stereocenters. The van der Waals surface area contributed by atoms with Gasteiger partial charge in [-0.3, -0.25) is 9.13 Å². The van der Waals surface area contributed by atoms with Gasteiger partial charge in [0.15, 0.2) is 0 Å². The maximum atomic E-state index is 13.2. The minimum Gasteiger partial charge on any atom is -0.399 e. The van der Waals surface area contributed by atoms with E-state index in [2.05, 4.69) is 91.8 Å². The monoisotopic (exact) mass is 858 g/mol. The average molecular weight is 859 g/mol. The van der Waals surface area contributed by atoms with Crippen LogP contribution in [-0.4, -0.2) is 75.4 Å². The molecular formula is C45H74B2O10P2. The molecule has 0 bridgehead atoms. The number of rotatable bonds is 24. The van der Waals surface area contributed by atoms with E-state index in [9.17, 15) is 9.13 Å². The van der Waals surface area contributed by atoms with E-state index in [1.807, 2.05) is 27.7 Å². The summed E-state index contributed by atoms with van der Waals surface area (Å²) in [5, 5.41) is 0. The van der Waals surface area contributed by atoms with E-state index < -0.39 is 51.8 Å². The Morgan fingerprint density at radius 2 is 0.780 bits per heavy atom. The Labute approximate surface area is 357 Å². The first-order valence-electron chi connectivity index (χ1n) is 22.5. The van der Waals surface area contributed by atoms with Crippen molar-refractivity contribution in [2.24, 2.45) is 0 Å². The Hall–Kier alpha value is -1.29. The highest BCUT2D eigenvalue weighted by atomic mass is 31.2. The third-order valence-electron chi connectivity index (χ3n) is 13.3. The Kier molecular flexibility index (Phi) is 16.2. The normalized spacial score (nSPS) is 20.0. The second kappa shape index (κ2) is 19.6. The third-order valence-corrected chi connectivity index (χ3v) is 17.7. The summed E-state index contributed by atoms with van der Waals surface area (Å²) < 4.78 is 75.2. The van der Waals surface area contributed by atoms with Crippen molar-refractivity contribution in [2.75, 3.05) is 38.8 Å². The average Bonchev–Trinajstić information content (AvgIpc) is 3.65. The van der Waals surface area contributed by atoms with Gasteiger partial charge < -0.3 is 36.7 Å². The molecule has 2 saturated heterocycles. The minimum atomic E-state index is -3.08. The van der Waals surface area contributed by atoms with Gasteiger partial charge in [0.2, 0.25) is 0 Å². The number of unbranched alkanes of at least 4 members (excludes halogenated alkanes) is 6. The molecule has 0 atom stereocenters. The lowest BCUT2D eigenvalue weighted by Crippen LogP contribution is -2.41. The molecule has 0 N–H and O–H groups in total. The fourth-order valence-electron chi connectivity index (χ4n) is 8.74.